The fraction of sp³-hybridized carbons (Fsp3) is 0.130. The van der Waals surface area contributed by atoms with Gasteiger partial charge in [0.15, 0.2) is 5.82 Å². The van der Waals surface area contributed by atoms with E-state index in [0.29, 0.717) is 11.6 Å². The van der Waals surface area contributed by atoms with Crippen molar-refractivity contribution in [1.82, 2.24) is 10.2 Å². The third-order valence-electron chi connectivity index (χ3n) is 4.23. The summed E-state index contributed by atoms with van der Waals surface area (Å²) in [5.74, 6) is 0.751. The van der Waals surface area contributed by atoms with Crippen LogP contribution < -0.4 is 5.32 Å². The van der Waals surface area contributed by atoms with Crippen LogP contribution in [0.1, 0.15) is 13.8 Å². The van der Waals surface area contributed by atoms with Gasteiger partial charge in [-0.3, -0.25) is 0 Å². The number of nitrogens with one attached hydrogen (secondary N) is 1. The average molecular weight is 376 g/mol. The minimum absolute atomic E-state index is 0.681. The molecule has 1 heterocycles. The SMILES string of the molecule is C/C=C\C(=C/C)CNc1nnc(-c2ccccc2)cc1-c1ccc(Cl)cc1. The van der Waals surface area contributed by atoms with Gasteiger partial charge in [0.2, 0.25) is 0 Å². The first-order valence-electron chi connectivity index (χ1n) is 8.92. The van der Waals surface area contributed by atoms with Crippen molar-refractivity contribution in [2.75, 3.05) is 11.9 Å². The zero-order valence-corrected chi connectivity index (χ0v) is 16.2. The van der Waals surface area contributed by atoms with Crippen LogP contribution in [0.3, 0.4) is 0 Å². The molecule has 1 N–H and O–H groups in total. The van der Waals surface area contributed by atoms with Crippen LogP contribution in [-0.4, -0.2) is 16.7 Å². The van der Waals surface area contributed by atoms with Crippen LogP contribution >= 0.6 is 11.6 Å². The summed E-state index contributed by atoms with van der Waals surface area (Å²) >= 11 is 6.06. The second-order valence-corrected chi connectivity index (χ2v) is 6.52. The molecule has 0 atom stereocenters. The van der Waals surface area contributed by atoms with E-state index in [2.05, 4.69) is 33.7 Å². The number of aromatic nitrogens is 2. The van der Waals surface area contributed by atoms with Crippen LogP contribution in [0.4, 0.5) is 5.82 Å². The number of anilines is 1. The standard InChI is InChI=1S/C23H22ClN3/c1-3-8-17(4-2)16-25-23-21(18-11-13-20(24)14-12-18)15-22(26-27-23)19-9-6-5-7-10-19/h3-15H,16H2,1-2H3,(H,25,27)/b8-3-,17-4+. The van der Waals surface area contributed by atoms with Gasteiger partial charge in [-0.05, 0) is 43.2 Å². The lowest BCUT2D eigenvalue weighted by Gasteiger charge is -2.13. The number of hydrogen-bond donors (Lipinski definition) is 1. The van der Waals surface area contributed by atoms with Gasteiger partial charge in [-0.2, -0.15) is 0 Å². The Kier molecular flexibility index (Phi) is 6.39. The Balaban J connectivity index is 2.00. The molecular formula is C23H22ClN3. The minimum atomic E-state index is 0.681. The molecule has 0 saturated heterocycles. The van der Waals surface area contributed by atoms with Crippen LogP contribution in [-0.2, 0) is 0 Å². The van der Waals surface area contributed by atoms with Crippen LogP contribution in [0.25, 0.3) is 22.4 Å². The summed E-state index contributed by atoms with van der Waals surface area (Å²) in [5, 5.41) is 13.0. The van der Waals surface area contributed by atoms with E-state index in [1.165, 1.54) is 5.57 Å². The van der Waals surface area contributed by atoms with Crippen LogP contribution in [0.2, 0.25) is 5.02 Å². The van der Waals surface area contributed by atoms with Crippen LogP contribution in [0, 0.1) is 0 Å². The van der Waals surface area contributed by atoms with Gasteiger partial charge in [-0.15, -0.1) is 10.2 Å². The van der Waals surface area contributed by atoms with Gasteiger partial charge in [-0.25, -0.2) is 0 Å². The van der Waals surface area contributed by atoms with Gasteiger partial charge < -0.3 is 5.32 Å². The zero-order valence-electron chi connectivity index (χ0n) is 15.5. The van der Waals surface area contributed by atoms with E-state index in [-0.39, 0.29) is 0 Å². The maximum absolute atomic E-state index is 6.06. The lowest BCUT2D eigenvalue weighted by Crippen LogP contribution is -2.08. The molecule has 136 valence electrons. The topological polar surface area (TPSA) is 37.8 Å². The van der Waals surface area contributed by atoms with E-state index in [9.17, 15) is 0 Å². The Labute approximate surface area is 165 Å². The van der Waals surface area contributed by atoms with Crippen molar-refractivity contribution in [1.29, 1.82) is 0 Å². The Morgan fingerprint density at radius 3 is 2.37 bits per heavy atom. The third-order valence-corrected chi connectivity index (χ3v) is 4.48. The van der Waals surface area contributed by atoms with Crippen molar-refractivity contribution < 1.29 is 0 Å². The number of nitrogens with zero attached hydrogens (tertiary/aromatic N) is 2. The van der Waals surface area contributed by atoms with Gasteiger partial charge in [0.1, 0.15) is 0 Å². The van der Waals surface area contributed by atoms with Gasteiger partial charge in [0, 0.05) is 22.7 Å². The van der Waals surface area contributed by atoms with E-state index in [1.807, 2.05) is 74.5 Å². The molecule has 0 radical (unpaired) electrons. The van der Waals surface area contributed by atoms with Gasteiger partial charge >= 0.3 is 0 Å². The molecule has 3 rings (SSSR count). The van der Waals surface area contributed by atoms with E-state index in [4.69, 9.17) is 11.6 Å². The molecule has 0 aliphatic heterocycles. The molecule has 0 aliphatic carbocycles. The molecule has 0 spiro atoms. The molecule has 27 heavy (non-hydrogen) atoms. The maximum Gasteiger partial charge on any atom is 0.156 e. The Bertz CT molecular complexity index is 945. The molecule has 0 unspecified atom stereocenters. The molecule has 0 saturated carbocycles. The average Bonchev–Trinajstić information content (AvgIpc) is 2.72. The predicted octanol–water partition coefficient (Wildman–Crippen LogP) is 6.40. The predicted molar refractivity (Wildman–Crippen MR) is 115 cm³/mol. The summed E-state index contributed by atoms with van der Waals surface area (Å²) in [5.41, 5.74) is 5.10. The molecule has 0 amide bonds. The molecule has 0 bridgehead atoms. The van der Waals surface area contributed by atoms with Crippen molar-refractivity contribution in [3.8, 4) is 22.4 Å². The molecule has 0 aliphatic rings. The Morgan fingerprint density at radius 2 is 1.70 bits per heavy atom. The largest absolute Gasteiger partial charge is 0.364 e. The summed E-state index contributed by atoms with van der Waals surface area (Å²) in [6.45, 7) is 4.72. The highest BCUT2D eigenvalue weighted by atomic mass is 35.5. The van der Waals surface area contributed by atoms with Crippen LogP contribution in [0.5, 0.6) is 0 Å². The van der Waals surface area contributed by atoms with Crippen molar-refractivity contribution in [2.45, 2.75) is 13.8 Å². The number of benzene rings is 2. The second kappa shape index (κ2) is 9.15. The summed E-state index contributed by atoms with van der Waals surface area (Å²) in [4.78, 5) is 0. The fourth-order valence-electron chi connectivity index (χ4n) is 2.78. The zero-order chi connectivity index (χ0) is 19.1. The van der Waals surface area contributed by atoms with Crippen molar-refractivity contribution in [3.05, 3.63) is 89.5 Å². The number of allylic oxidation sites excluding steroid dienone is 2. The van der Waals surface area contributed by atoms with Crippen LogP contribution in [0.15, 0.2) is 84.5 Å². The molecule has 0 fully saturated rings. The monoisotopic (exact) mass is 375 g/mol. The maximum atomic E-state index is 6.06. The molecule has 3 nitrogen and oxygen atoms in total. The first-order valence-corrected chi connectivity index (χ1v) is 9.30. The molecule has 1 aromatic heterocycles. The molecule has 2 aromatic carbocycles. The number of halogens is 1. The molecular weight excluding hydrogens is 354 g/mol. The molecule has 4 heteroatoms. The van der Waals surface area contributed by atoms with Gasteiger partial charge in [-0.1, -0.05) is 72.3 Å². The summed E-state index contributed by atoms with van der Waals surface area (Å²) in [6.07, 6.45) is 6.20. The third kappa shape index (κ3) is 4.83. The summed E-state index contributed by atoms with van der Waals surface area (Å²) in [7, 11) is 0. The second-order valence-electron chi connectivity index (χ2n) is 6.08. The quantitative estimate of drug-likeness (QED) is 0.506. The summed E-state index contributed by atoms with van der Waals surface area (Å²) < 4.78 is 0. The van der Waals surface area contributed by atoms with E-state index in [1.54, 1.807) is 0 Å². The smallest absolute Gasteiger partial charge is 0.156 e. The Morgan fingerprint density at radius 1 is 0.963 bits per heavy atom. The number of rotatable bonds is 6. The van der Waals surface area contributed by atoms with Crippen molar-refractivity contribution in [2.24, 2.45) is 0 Å². The van der Waals surface area contributed by atoms with Crippen molar-refractivity contribution >= 4 is 17.4 Å². The van der Waals surface area contributed by atoms with E-state index < -0.39 is 0 Å². The summed E-state index contributed by atoms with van der Waals surface area (Å²) in [6, 6.07) is 19.9. The highest BCUT2D eigenvalue weighted by Gasteiger charge is 2.11. The van der Waals surface area contributed by atoms with Crippen molar-refractivity contribution in [3.63, 3.8) is 0 Å². The van der Waals surface area contributed by atoms with E-state index in [0.717, 1.165) is 28.2 Å². The lowest BCUT2D eigenvalue weighted by molar-refractivity contribution is 1.03. The molecule has 3 aromatic rings. The highest BCUT2D eigenvalue weighted by Crippen LogP contribution is 2.30. The first-order chi connectivity index (χ1) is 13.2. The first kappa shape index (κ1) is 18.9. The normalized spacial score (nSPS) is 11.7. The minimum Gasteiger partial charge on any atom is -0.364 e. The van der Waals surface area contributed by atoms with E-state index >= 15 is 0 Å². The van der Waals surface area contributed by atoms with Gasteiger partial charge in [0.25, 0.3) is 0 Å². The fourth-order valence-corrected chi connectivity index (χ4v) is 2.90. The number of hydrogen-bond acceptors (Lipinski definition) is 3. The Hall–Kier alpha value is -2.91. The lowest BCUT2D eigenvalue weighted by atomic mass is 10.0. The highest BCUT2D eigenvalue weighted by molar-refractivity contribution is 6.30. The van der Waals surface area contributed by atoms with Gasteiger partial charge in [0.05, 0.1) is 5.69 Å².